The van der Waals surface area contributed by atoms with Crippen molar-refractivity contribution in [1.29, 1.82) is 0 Å². The summed E-state index contributed by atoms with van der Waals surface area (Å²) < 4.78 is 5.33. The first kappa shape index (κ1) is 23.9. The predicted molar refractivity (Wildman–Crippen MR) is 116 cm³/mol. The molecule has 8 heteroatoms. The number of nitrogens with one attached hydrogen (secondary N) is 1. The highest BCUT2D eigenvalue weighted by Crippen LogP contribution is 2.34. The van der Waals surface area contributed by atoms with E-state index >= 15 is 0 Å². The summed E-state index contributed by atoms with van der Waals surface area (Å²) in [7, 11) is 0. The minimum absolute atomic E-state index is 0.0359. The fourth-order valence-corrected chi connectivity index (χ4v) is 4.32. The number of hydrogen-bond acceptors (Lipinski definition) is 6. The summed E-state index contributed by atoms with van der Waals surface area (Å²) in [4.78, 5) is 57.2. The van der Waals surface area contributed by atoms with E-state index in [0.717, 1.165) is 31.2 Å². The standard InChI is InChI=1S/C24H32N2O6/c1-15-18(22(29)26(21(15)28)31-14-16-10-6-5-7-11-16)20(27)19(17-12-8-9-13-17)25-23(30)32-24(2,3)4/h5-7,10-11,15,17-19H,8-9,12-14H2,1-4H3,(H,25,30)/t15-,18+,19?/m0/s1. The smallest absolute Gasteiger partial charge is 0.408 e. The lowest BCUT2D eigenvalue weighted by atomic mass is 9.83. The third kappa shape index (κ3) is 5.54. The Morgan fingerprint density at radius 2 is 1.72 bits per heavy atom. The third-order valence-electron chi connectivity index (χ3n) is 5.92. The van der Waals surface area contributed by atoms with Crippen LogP contribution in [-0.2, 0) is 30.6 Å². The summed E-state index contributed by atoms with van der Waals surface area (Å²) in [5.74, 6) is -3.85. The van der Waals surface area contributed by atoms with Gasteiger partial charge in [-0.1, -0.05) is 50.1 Å². The van der Waals surface area contributed by atoms with Crippen molar-refractivity contribution < 1.29 is 28.8 Å². The molecule has 1 aromatic rings. The molecule has 1 unspecified atom stereocenters. The molecule has 0 aromatic heterocycles. The van der Waals surface area contributed by atoms with E-state index in [9.17, 15) is 19.2 Å². The van der Waals surface area contributed by atoms with Gasteiger partial charge in [-0.3, -0.25) is 19.2 Å². The van der Waals surface area contributed by atoms with E-state index in [1.54, 1.807) is 27.7 Å². The average Bonchev–Trinajstić information content (AvgIpc) is 3.32. The van der Waals surface area contributed by atoms with Crippen LogP contribution in [0.3, 0.4) is 0 Å². The van der Waals surface area contributed by atoms with Crippen LogP contribution in [0.15, 0.2) is 30.3 Å². The molecular formula is C24H32N2O6. The first-order valence-electron chi connectivity index (χ1n) is 11.2. The second-order valence-electron chi connectivity index (χ2n) is 9.57. The normalized spacial score (nSPS) is 22.8. The van der Waals surface area contributed by atoms with Gasteiger partial charge in [0.25, 0.3) is 11.8 Å². The Balaban J connectivity index is 1.75. The molecule has 1 aromatic carbocycles. The van der Waals surface area contributed by atoms with Gasteiger partial charge >= 0.3 is 6.09 Å². The van der Waals surface area contributed by atoms with E-state index in [1.807, 2.05) is 30.3 Å². The highest BCUT2D eigenvalue weighted by Gasteiger charge is 2.52. The topological polar surface area (TPSA) is 102 Å². The minimum atomic E-state index is -1.20. The van der Waals surface area contributed by atoms with Gasteiger partial charge in [0.05, 0.1) is 12.0 Å². The molecule has 0 spiro atoms. The van der Waals surface area contributed by atoms with E-state index in [2.05, 4.69) is 5.32 Å². The van der Waals surface area contributed by atoms with Gasteiger partial charge in [0, 0.05) is 0 Å². The van der Waals surface area contributed by atoms with Crippen LogP contribution in [0.2, 0.25) is 0 Å². The second kappa shape index (κ2) is 9.81. The number of amides is 3. The lowest BCUT2D eigenvalue weighted by Gasteiger charge is -2.28. The maximum Gasteiger partial charge on any atom is 0.408 e. The maximum atomic E-state index is 13.5. The summed E-state index contributed by atoms with van der Waals surface area (Å²) in [6.45, 7) is 6.80. The number of ketones is 1. The highest BCUT2D eigenvalue weighted by molar-refractivity contribution is 6.16. The van der Waals surface area contributed by atoms with Gasteiger partial charge < -0.3 is 10.1 Å². The van der Waals surface area contributed by atoms with Gasteiger partial charge in [-0.25, -0.2) is 4.79 Å². The SMILES string of the molecule is C[C@@H]1C(=O)N(OCc2ccccc2)C(=O)[C@H]1C(=O)C(NC(=O)OC(C)(C)C)C1CCCC1. The minimum Gasteiger partial charge on any atom is -0.444 e. The van der Waals surface area contributed by atoms with Crippen LogP contribution in [0.4, 0.5) is 4.79 Å². The van der Waals surface area contributed by atoms with Crippen LogP contribution in [0, 0.1) is 17.8 Å². The molecule has 1 saturated carbocycles. The van der Waals surface area contributed by atoms with Crippen LogP contribution in [0.5, 0.6) is 0 Å². The molecule has 2 aliphatic rings. The number of carbonyl (C=O) groups is 4. The Morgan fingerprint density at radius 1 is 1.09 bits per heavy atom. The van der Waals surface area contributed by atoms with Crippen molar-refractivity contribution in [1.82, 2.24) is 10.4 Å². The van der Waals surface area contributed by atoms with Crippen LogP contribution in [-0.4, -0.2) is 40.4 Å². The lowest BCUT2D eigenvalue weighted by Crippen LogP contribution is -2.51. The molecule has 1 saturated heterocycles. The lowest BCUT2D eigenvalue weighted by molar-refractivity contribution is -0.193. The number of nitrogens with zero attached hydrogens (tertiary/aromatic N) is 1. The summed E-state index contributed by atoms with van der Waals surface area (Å²) in [6, 6.07) is 8.26. The number of carbonyl (C=O) groups excluding carboxylic acids is 4. The van der Waals surface area contributed by atoms with Gasteiger partial charge in [-0.15, -0.1) is 0 Å². The molecule has 1 N–H and O–H groups in total. The van der Waals surface area contributed by atoms with Gasteiger partial charge in [-0.05, 0) is 45.1 Å². The Hall–Kier alpha value is -2.74. The summed E-state index contributed by atoms with van der Waals surface area (Å²) >= 11 is 0. The number of imide groups is 1. The van der Waals surface area contributed by atoms with E-state index in [-0.39, 0.29) is 12.5 Å². The zero-order valence-electron chi connectivity index (χ0n) is 19.1. The second-order valence-corrected chi connectivity index (χ2v) is 9.57. The Labute approximate surface area is 188 Å². The number of rotatable bonds is 7. The number of alkyl carbamates (subject to hydrolysis) is 1. The van der Waals surface area contributed by atoms with Crippen LogP contribution in [0.25, 0.3) is 0 Å². The molecule has 174 valence electrons. The van der Waals surface area contributed by atoms with E-state index < -0.39 is 47.2 Å². The molecule has 8 nitrogen and oxygen atoms in total. The monoisotopic (exact) mass is 444 g/mol. The molecular weight excluding hydrogens is 412 g/mol. The molecule has 3 rings (SSSR count). The Bertz CT molecular complexity index is 857. The number of benzene rings is 1. The third-order valence-corrected chi connectivity index (χ3v) is 5.92. The van der Waals surface area contributed by atoms with Crippen molar-refractivity contribution in [2.45, 2.75) is 71.6 Å². The van der Waals surface area contributed by atoms with Crippen LogP contribution in [0.1, 0.15) is 58.9 Å². The Kier molecular flexibility index (Phi) is 7.33. The average molecular weight is 445 g/mol. The van der Waals surface area contributed by atoms with Crippen molar-refractivity contribution in [2.75, 3.05) is 0 Å². The van der Waals surface area contributed by atoms with Gasteiger partial charge in [0.2, 0.25) is 0 Å². The van der Waals surface area contributed by atoms with Gasteiger partial charge in [0.15, 0.2) is 5.78 Å². The Morgan fingerprint density at radius 3 is 2.31 bits per heavy atom. The summed E-state index contributed by atoms with van der Waals surface area (Å²) in [6.07, 6.45) is 2.73. The number of ether oxygens (including phenoxy) is 1. The molecule has 3 amide bonds. The van der Waals surface area contributed by atoms with Crippen LogP contribution < -0.4 is 5.32 Å². The molecule has 0 radical (unpaired) electrons. The molecule has 32 heavy (non-hydrogen) atoms. The fraction of sp³-hybridized carbons (Fsp3) is 0.583. The zero-order valence-corrected chi connectivity index (χ0v) is 19.1. The highest BCUT2D eigenvalue weighted by atomic mass is 16.7. The number of Topliss-reactive ketones (excluding diaryl/α,β-unsaturated/α-hetero) is 1. The first-order valence-corrected chi connectivity index (χ1v) is 11.2. The summed E-state index contributed by atoms with van der Waals surface area (Å²) in [5.41, 5.74) is 0.0768. The molecule has 2 fully saturated rings. The largest absolute Gasteiger partial charge is 0.444 e. The molecule has 1 aliphatic heterocycles. The molecule has 0 bridgehead atoms. The molecule has 3 atom stereocenters. The van der Waals surface area contributed by atoms with E-state index in [4.69, 9.17) is 9.57 Å². The van der Waals surface area contributed by atoms with E-state index in [0.29, 0.717) is 5.06 Å². The van der Waals surface area contributed by atoms with Crippen molar-refractivity contribution in [2.24, 2.45) is 17.8 Å². The fourth-order valence-electron chi connectivity index (χ4n) is 4.32. The molecule has 1 aliphatic carbocycles. The van der Waals surface area contributed by atoms with Gasteiger partial charge in [-0.2, -0.15) is 5.06 Å². The van der Waals surface area contributed by atoms with E-state index in [1.165, 1.54) is 0 Å². The summed E-state index contributed by atoms with van der Waals surface area (Å²) in [5, 5.41) is 3.39. The predicted octanol–water partition coefficient (Wildman–Crippen LogP) is 3.39. The van der Waals surface area contributed by atoms with Crippen molar-refractivity contribution in [3.05, 3.63) is 35.9 Å². The number of hydrogen-bond donors (Lipinski definition) is 1. The maximum absolute atomic E-state index is 13.5. The number of hydroxylamine groups is 2. The zero-order chi connectivity index (χ0) is 23.5. The first-order chi connectivity index (χ1) is 15.1. The quantitative estimate of drug-likeness (QED) is 0.511. The van der Waals surface area contributed by atoms with Crippen LogP contribution >= 0.6 is 0 Å². The van der Waals surface area contributed by atoms with Crippen molar-refractivity contribution in [3.63, 3.8) is 0 Å². The van der Waals surface area contributed by atoms with Crippen molar-refractivity contribution >= 4 is 23.7 Å². The van der Waals surface area contributed by atoms with Crippen molar-refractivity contribution in [3.8, 4) is 0 Å². The molecule has 1 heterocycles. The van der Waals surface area contributed by atoms with Gasteiger partial charge in [0.1, 0.15) is 18.1 Å².